The van der Waals surface area contributed by atoms with Crippen molar-refractivity contribution in [2.24, 2.45) is 5.73 Å². The predicted octanol–water partition coefficient (Wildman–Crippen LogP) is 1.53. The van der Waals surface area contributed by atoms with Gasteiger partial charge in [0.1, 0.15) is 11.9 Å². The molecule has 0 bridgehead atoms. The molecule has 16 heavy (non-hydrogen) atoms. The predicted molar refractivity (Wildman–Crippen MR) is 52.8 cm³/mol. The van der Waals surface area contributed by atoms with Crippen molar-refractivity contribution >= 4 is 16.9 Å². The van der Waals surface area contributed by atoms with Crippen molar-refractivity contribution in [3.63, 3.8) is 0 Å². The van der Waals surface area contributed by atoms with Crippen LogP contribution in [0, 0.1) is 11.6 Å². The molecule has 0 saturated carbocycles. The van der Waals surface area contributed by atoms with Crippen LogP contribution in [0.5, 0.6) is 0 Å². The maximum atomic E-state index is 13.8. The van der Waals surface area contributed by atoms with Crippen LogP contribution in [0.25, 0.3) is 10.9 Å². The SMILES string of the molecule is NC(C(=O)O)c1c(F)cc2cc[nH]c2c1F. The number of aromatic amines is 1. The zero-order valence-electron chi connectivity index (χ0n) is 8.00. The molecule has 0 amide bonds. The lowest BCUT2D eigenvalue weighted by Crippen LogP contribution is -2.23. The quantitative estimate of drug-likeness (QED) is 0.726. The smallest absolute Gasteiger partial charge is 0.325 e. The van der Waals surface area contributed by atoms with E-state index in [0.29, 0.717) is 5.39 Å². The van der Waals surface area contributed by atoms with Gasteiger partial charge in [-0.25, -0.2) is 8.78 Å². The minimum Gasteiger partial charge on any atom is -0.480 e. The number of carboxylic acids is 1. The van der Waals surface area contributed by atoms with Crippen LogP contribution in [-0.2, 0) is 4.79 Å². The molecule has 0 aliphatic carbocycles. The van der Waals surface area contributed by atoms with E-state index in [1.54, 1.807) is 0 Å². The monoisotopic (exact) mass is 226 g/mol. The zero-order valence-corrected chi connectivity index (χ0v) is 8.00. The van der Waals surface area contributed by atoms with E-state index < -0.39 is 29.2 Å². The molecule has 4 nitrogen and oxygen atoms in total. The molecule has 0 aliphatic rings. The number of carboxylic acid groups (broad SMARTS) is 1. The molecule has 1 unspecified atom stereocenters. The average molecular weight is 226 g/mol. The molecule has 1 heterocycles. The minimum atomic E-state index is -1.72. The van der Waals surface area contributed by atoms with Crippen molar-refractivity contribution < 1.29 is 18.7 Å². The summed E-state index contributed by atoms with van der Waals surface area (Å²) in [5.41, 5.74) is 4.62. The van der Waals surface area contributed by atoms with Crippen molar-refractivity contribution in [3.8, 4) is 0 Å². The van der Waals surface area contributed by atoms with Crippen molar-refractivity contribution in [2.45, 2.75) is 6.04 Å². The normalized spacial score (nSPS) is 12.9. The van der Waals surface area contributed by atoms with Gasteiger partial charge in [-0.1, -0.05) is 0 Å². The molecule has 4 N–H and O–H groups in total. The standard InChI is InChI=1S/C10H8F2N2O2/c11-5-3-4-1-2-14-9(4)7(12)6(5)8(13)10(15)16/h1-3,8,14H,13H2,(H,15,16). The van der Waals surface area contributed by atoms with E-state index >= 15 is 0 Å². The Balaban J connectivity index is 2.73. The first kappa shape index (κ1) is 10.6. The van der Waals surface area contributed by atoms with Crippen LogP contribution in [0.4, 0.5) is 8.78 Å². The topological polar surface area (TPSA) is 79.1 Å². The number of halogens is 2. The van der Waals surface area contributed by atoms with E-state index in [0.717, 1.165) is 6.07 Å². The van der Waals surface area contributed by atoms with Gasteiger partial charge < -0.3 is 15.8 Å². The first-order valence-electron chi connectivity index (χ1n) is 4.45. The van der Waals surface area contributed by atoms with E-state index in [-0.39, 0.29) is 5.52 Å². The van der Waals surface area contributed by atoms with Crippen molar-refractivity contribution in [1.29, 1.82) is 0 Å². The lowest BCUT2D eigenvalue weighted by atomic mass is 10.0. The minimum absolute atomic E-state index is 0.0492. The van der Waals surface area contributed by atoms with Crippen LogP contribution in [0.1, 0.15) is 11.6 Å². The van der Waals surface area contributed by atoms with Crippen LogP contribution in [0.3, 0.4) is 0 Å². The Morgan fingerprint density at radius 1 is 1.50 bits per heavy atom. The van der Waals surface area contributed by atoms with Crippen LogP contribution in [-0.4, -0.2) is 16.1 Å². The van der Waals surface area contributed by atoms with Gasteiger partial charge in [-0.3, -0.25) is 4.79 Å². The first-order valence-corrected chi connectivity index (χ1v) is 4.45. The second kappa shape index (κ2) is 3.57. The van der Waals surface area contributed by atoms with Gasteiger partial charge in [-0.15, -0.1) is 0 Å². The number of rotatable bonds is 2. The number of hydrogen-bond donors (Lipinski definition) is 3. The summed E-state index contributed by atoms with van der Waals surface area (Å²) in [7, 11) is 0. The molecule has 0 radical (unpaired) electrons. The fourth-order valence-electron chi connectivity index (χ4n) is 1.55. The van der Waals surface area contributed by atoms with E-state index in [4.69, 9.17) is 10.8 Å². The molecule has 0 fully saturated rings. The van der Waals surface area contributed by atoms with Gasteiger partial charge in [0.25, 0.3) is 0 Å². The highest BCUT2D eigenvalue weighted by Gasteiger charge is 2.25. The number of benzene rings is 1. The highest BCUT2D eigenvalue weighted by molar-refractivity contribution is 5.83. The molecule has 1 atom stereocenters. The molecule has 84 valence electrons. The Bertz CT molecular complexity index is 565. The van der Waals surface area contributed by atoms with Gasteiger partial charge in [0.2, 0.25) is 0 Å². The fraction of sp³-hybridized carbons (Fsp3) is 0.100. The highest BCUT2D eigenvalue weighted by atomic mass is 19.1. The van der Waals surface area contributed by atoms with Gasteiger partial charge in [0.05, 0.1) is 11.1 Å². The molecule has 2 aromatic rings. The highest BCUT2D eigenvalue weighted by Crippen LogP contribution is 2.26. The molecular weight excluding hydrogens is 218 g/mol. The number of nitrogens with two attached hydrogens (primary N) is 1. The first-order chi connectivity index (χ1) is 7.52. The molecule has 1 aromatic heterocycles. The van der Waals surface area contributed by atoms with E-state index in [1.165, 1.54) is 12.3 Å². The Kier molecular flexibility index (Phi) is 2.35. The molecule has 1 aromatic carbocycles. The third-order valence-corrected chi connectivity index (χ3v) is 2.35. The third kappa shape index (κ3) is 1.43. The number of hydrogen-bond acceptors (Lipinski definition) is 2. The molecule has 0 aliphatic heterocycles. The summed E-state index contributed by atoms with van der Waals surface area (Å²) in [6.45, 7) is 0. The molecule has 2 rings (SSSR count). The largest absolute Gasteiger partial charge is 0.480 e. The number of fused-ring (bicyclic) bond motifs is 1. The fourth-order valence-corrected chi connectivity index (χ4v) is 1.55. The summed E-state index contributed by atoms with van der Waals surface area (Å²) >= 11 is 0. The third-order valence-electron chi connectivity index (χ3n) is 2.35. The summed E-state index contributed by atoms with van der Waals surface area (Å²) in [6.07, 6.45) is 1.43. The number of nitrogens with one attached hydrogen (secondary N) is 1. The summed E-state index contributed by atoms with van der Waals surface area (Å²) in [4.78, 5) is 13.2. The lowest BCUT2D eigenvalue weighted by Gasteiger charge is -2.10. The Morgan fingerprint density at radius 3 is 2.81 bits per heavy atom. The average Bonchev–Trinajstić information content (AvgIpc) is 2.65. The number of H-pyrrole nitrogens is 1. The van der Waals surface area contributed by atoms with Crippen LogP contribution >= 0.6 is 0 Å². The second-order valence-electron chi connectivity index (χ2n) is 3.34. The molecule has 6 heteroatoms. The Labute approximate surface area is 88.7 Å². The van der Waals surface area contributed by atoms with Crippen LogP contribution in [0.15, 0.2) is 18.3 Å². The molecule has 0 spiro atoms. The van der Waals surface area contributed by atoms with Crippen LogP contribution in [0.2, 0.25) is 0 Å². The van der Waals surface area contributed by atoms with Gasteiger partial charge >= 0.3 is 5.97 Å². The number of aliphatic carboxylic acids is 1. The summed E-state index contributed by atoms with van der Waals surface area (Å²) in [5.74, 6) is -3.40. The van der Waals surface area contributed by atoms with E-state index in [9.17, 15) is 13.6 Å². The second-order valence-corrected chi connectivity index (χ2v) is 3.34. The van der Waals surface area contributed by atoms with E-state index in [2.05, 4.69) is 4.98 Å². The van der Waals surface area contributed by atoms with Crippen molar-refractivity contribution in [3.05, 3.63) is 35.5 Å². The van der Waals surface area contributed by atoms with E-state index in [1.807, 2.05) is 0 Å². The summed E-state index contributed by atoms with van der Waals surface area (Å²) in [5, 5.41) is 8.97. The maximum absolute atomic E-state index is 13.8. The number of carbonyl (C=O) groups is 1. The van der Waals surface area contributed by atoms with Crippen LogP contribution < -0.4 is 5.73 Å². The summed E-state index contributed by atoms with van der Waals surface area (Å²) in [6, 6.07) is 0.817. The van der Waals surface area contributed by atoms with Crippen molar-refractivity contribution in [1.82, 2.24) is 4.98 Å². The Morgan fingerprint density at radius 2 is 2.19 bits per heavy atom. The van der Waals surface area contributed by atoms with Gasteiger partial charge in [-0.05, 0) is 12.1 Å². The number of aromatic nitrogens is 1. The summed E-state index contributed by atoms with van der Waals surface area (Å²) < 4.78 is 27.2. The molecular formula is C10H8F2N2O2. The zero-order chi connectivity index (χ0) is 11.9. The van der Waals surface area contributed by atoms with Gasteiger partial charge in [0.15, 0.2) is 5.82 Å². The maximum Gasteiger partial charge on any atom is 0.325 e. The van der Waals surface area contributed by atoms with Gasteiger partial charge in [0, 0.05) is 11.6 Å². The van der Waals surface area contributed by atoms with Gasteiger partial charge in [-0.2, -0.15) is 0 Å². The lowest BCUT2D eigenvalue weighted by molar-refractivity contribution is -0.138. The Hall–Kier alpha value is -1.95. The molecule has 0 saturated heterocycles. The van der Waals surface area contributed by atoms with Crippen molar-refractivity contribution in [2.75, 3.05) is 0 Å².